The Kier molecular flexibility index (Phi) is 5.08. The van der Waals surface area contributed by atoms with Gasteiger partial charge >= 0.3 is 0 Å². The van der Waals surface area contributed by atoms with Crippen LogP contribution in [-0.4, -0.2) is 55.9 Å². The lowest BCUT2D eigenvalue weighted by Crippen LogP contribution is -2.48. The summed E-state index contributed by atoms with van der Waals surface area (Å²) in [4.78, 5) is 14.5. The third kappa shape index (κ3) is 3.66. The van der Waals surface area contributed by atoms with E-state index in [0.717, 1.165) is 19.5 Å². The molecular weight excluding hydrogens is 280 g/mol. The van der Waals surface area contributed by atoms with Gasteiger partial charge < -0.3 is 14.8 Å². The molecule has 1 fully saturated rings. The topological polar surface area (TPSA) is 50.8 Å². The molecular formula is C17H24N2O3. The van der Waals surface area contributed by atoms with Crippen LogP contribution in [0.3, 0.4) is 0 Å². The van der Waals surface area contributed by atoms with Crippen LogP contribution in [0.2, 0.25) is 0 Å². The van der Waals surface area contributed by atoms with Crippen LogP contribution in [0, 0.1) is 0 Å². The molecule has 22 heavy (non-hydrogen) atoms. The third-order valence-corrected chi connectivity index (χ3v) is 4.33. The summed E-state index contributed by atoms with van der Waals surface area (Å²) >= 11 is 0. The third-order valence-electron chi connectivity index (χ3n) is 4.33. The smallest absolute Gasteiger partial charge is 0.234 e. The molecule has 1 aromatic rings. The van der Waals surface area contributed by atoms with Crippen molar-refractivity contribution in [2.45, 2.75) is 32.0 Å². The highest BCUT2D eigenvalue weighted by atomic mass is 16.5. The molecule has 1 saturated heterocycles. The van der Waals surface area contributed by atoms with E-state index in [1.54, 1.807) is 0 Å². The van der Waals surface area contributed by atoms with Gasteiger partial charge in [0.2, 0.25) is 5.91 Å². The largest absolute Gasteiger partial charge is 0.376 e. The molecule has 0 saturated carbocycles. The summed E-state index contributed by atoms with van der Waals surface area (Å²) in [5.74, 6) is 0.0552. The number of nitrogens with zero attached hydrogens (tertiary/aromatic N) is 1. The van der Waals surface area contributed by atoms with Crippen molar-refractivity contribution < 1.29 is 14.3 Å². The second-order valence-corrected chi connectivity index (χ2v) is 5.93. The minimum Gasteiger partial charge on any atom is -0.376 e. The lowest BCUT2D eigenvalue weighted by Gasteiger charge is -2.29. The van der Waals surface area contributed by atoms with E-state index in [1.165, 1.54) is 11.1 Å². The monoisotopic (exact) mass is 304 g/mol. The van der Waals surface area contributed by atoms with Gasteiger partial charge in [-0.25, -0.2) is 0 Å². The molecule has 120 valence electrons. The molecule has 0 unspecified atom stereocenters. The van der Waals surface area contributed by atoms with E-state index in [1.807, 2.05) is 6.92 Å². The minimum atomic E-state index is -0.0236. The van der Waals surface area contributed by atoms with Crippen molar-refractivity contribution in [2.75, 3.05) is 32.9 Å². The highest BCUT2D eigenvalue weighted by molar-refractivity contribution is 5.78. The number of fused-ring (bicyclic) bond motifs is 1. The zero-order valence-corrected chi connectivity index (χ0v) is 13.1. The Bertz CT molecular complexity index is 520. The highest BCUT2D eigenvalue weighted by Crippen LogP contribution is 2.18. The number of ether oxygens (including phenoxy) is 2. The van der Waals surface area contributed by atoms with Crippen LogP contribution >= 0.6 is 0 Å². The molecule has 0 bridgehead atoms. The Balaban J connectivity index is 1.50. The van der Waals surface area contributed by atoms with Gasteiger partial charge in [-0.3, -0.25) is 9.69 Å². The number of amides is 1. The van der Waals surface area contributed by atoms with Crippen molar-refractivity contribution in [2.24, 2.45) is 0 Å². The van der Waals surface area contributed by atoms with E-state index in [0.29, 0.717) is 26.4 Å². The summed E-state index contributed by atoms with van der Waals surface area (Å²) in [7, 11) is 0. The standard InChI is InChI=1S/C17H24N2O3/c1-2-22-16-12-21-11-15(16)18-17(20)10-19-8-7-13-5-3-4-6-14(13)9-19/h3-6,15-16H,2,7-12H2,1H3,(H,18,20)/t15-,16-/m1/s1. The van der Waals surface area contributed by atoms with Gasteiger partial charge in [-0.1, -0.05) is 24.3 Å². The van der Waals surface area contributed by atoms with E-state index in [-0.39, 0.29) is 18.1 Å². The van der Waals surface area contributed by atoms with Crippen molar-refractivity contribution in [3.63, 3.8) is 0 Å². The molecule has 2 heterocycles. The van der Waals surface area contributed by atoms with E-state index in [9.17, 15) is 4.79 Å². The molecule has 0 aliphatic carbocycles. The summed E-state index contributed by atoms with van der Waals surface area (Å²) in [6.07, 6.45) is 0.994. The van der Waals surface area contributed by atoms with Gasteiger partial charge in [0.1, 0.15) is 6.10 Å². The van der Waals surface area contributed by atoms with Gasteiger partial charge in [-0.05, 0) is 24.5 Å². The lowest BCUT2D eigenvalue weighted by atomic mass is 10.00. The quantitative estimate of drug-likeness (QED) is 0.880. The zero-order chi connectivity index (χ0) is 15.4. The fraction of sp³-hybridized carbons (Fsp3) is 0.588. The molecule has 1 amide bonds. The van der Waals surface area contributed by atoms with Gasteiger partial charge in [0.25, 0.3) is 0 Å². The van der Waals surface area contributed by atoms with Gasteiger partial charge in [0, 0.05) is 19.7 Å². The average molecular weight is 304 g/mol. The van der Waals surface area contributed by atoms with Gasteiger partial charge in [-0.15, -0.1) is 0 Å². The Morgan fingerprint density at radius 1 is 1.36 bits per heavy atom. The summed E-state index contributed by atoms with van der Waals surface area (Å²) in [5, 5.41) is 3.05. The Hall–Kier alpha value is -1.43. The predicted molar refractivity (Wildman–Crippen MR) is 83.6 cm³/mol. The van der Waals surface area contributed by atoms with Crippen molar-refractivity contribution in [1.82, 2.24) is 10.2 Å². The average Bonchev–Trinajstić information content (AvgIpc) is 2.94. The van der Waals surface area contributed by atoms with Crippen molar-refractivity contribution in [1.29, 1.82) is 0 Å². The Morgan fingerprint density at radius 2 is 2.18 bits per heavy atom. The lowest BCUT2D eigenvalue weighted by molar-refractivity contribution is -0.124. The van der Waals surface area contributed by atoms with Crippen LogP contribution in [0.1, 0.15) is 18.1 Å². The first-order chi connectivity index (χ1) is 10.8. The fourth-order valence-corrected chi connectivity index (χ4v) is 3.19. The van der Waals surface area contributed by atoms with Crippen LogP contribution in [0.5, 0.6) is 0 Å². The first kappa shape index (κ1) is 15.5. The molecule has 5 heteroatoms. The summed E-state index contributed by atoms with van der Waals surface area (Å²) in [6, 6.07) is 8.44. The molecule has 5 nitrogen and oxygen atoms in total. The van der Waals surface area contributed by atoms with Crippen LogP contribution < -0.4 is 5.32 Å². The maximum atomic E-state index is 12.3. The van der Waals surface area contributed by atoms with E-state index < -0.39 is 0 Å². The summed E-state index contributed by atoms with van der Waals surface area (Å²) < 4.78 is 11.0. The minimum absolute atomic E-state index is 0.0176. The number of hydrogen-bond acceptors (Lipinski definition) is 4. The zero-order valence-electron chi connectivity index (χ0n) is 13.1. The molecule has 0 spiro atoms. The van der Waals surface area contributed by atoms with Crippen LogP contribution in [0.25, 0.3) is 0 Å². The molecule has 0 radical (unpaired) electrons. The summed E-state index contributed by atoms with van der Waals surface area (Å²) in [6.45, 7) is 5.92. The number of carbonyl (C=O) groups excluding carboxylic acids is 1. The van der Waals surface area contributed by atoms with Crippen LogP contribution in [0.15, 0.2) is 24.3 Å². The first-order valence-corrected chi connectivity index (χ1v) is 8.04. The highest BCUT2D eigenvalue weighted by Gasteiger charge is 2.30. The molecule has 0 aromatic heterocycles. The number of hydrogen-bond donors (Lipinski definition) is 1. The number of carbonyl (C=O) groups is 1. The Labute approximate surface area is 131 Å². The van der Waals surface area contributed by atoms with E-state index in [4.69, 9.17) is 9.47 Å². The number of nitrogens with one attached hydrogen (secondary N) is 1. The van der Waals surface area contributed by atoms with Crippen molar-refractivity contribution in [3.8, 4) is 0 Å². The molecule has 1 aromatic carbocycles. The van der Waals surface area contributed by atoms with Gasteiger partial charge in [0.15, 0.2) is 0 Å². The number of rotatable bonds is 5. The number of benzene rings is 1. The second kappa shape index (κ2) is 7.22. The van der Waals surface area contributed by atoms with E-state index >= 15 is 0 Å². The summed E-state index contributed by atoms with van der Waals surface area (Å²) in [5.41, 5.74) is 2.73. The van der Waals surface area contributed by atoms with Crippen LogP contribution in [-0.2, 0) is 27.2 Å². The van der Waals surface area contributed by atoms with Crippen molar-refractivity contribution in [3.05, 3.63) is 35.4 Å². The predicted octanol–water partition coefficient (Wildman–Crippen LogP) is 0.965. The van der Waals surface area contributed by atoms with Crippen molar-refractivity contribution >= 4 is 5.91 Å². The molecule has 2 aliphatic rings. The molecule has 2 atom stereocenters. The fourth-order valence-electron chi connectivity index (χ4n) is 3.19. The van der Waals surface area contributed by atoms with E-state index in [2.05, 4.69) is 34.5 Å². The maximum absolute atomic E-state index is 12.3. The SMILES string of the molecule is CCO[C@@H]1COC[C@H]1NC(=O)CN1CCc2ccccc2C1. The molecule has 2 aliphatic heterocycles. The maximum Gasteiger partial charge on any atom is 0.234 e. The van der Waals surface area contributed by atoms with Crippen LogP contribution in [0.4, 0.5) is 0 Å². The molecule has 1 N–H and O–H groups in total. The first-order valence-electron chi connectivity index (χ1n) is 8.04. The normalized spacial score (nSPS) is 25.0. The van der Waals surface area contributed by atoms with Gasteiger partial charge in [-0.2, -0.15) is 0 Å². The van der Waals surface area contributed by atoms with Gasteiger partial charge in [0.05, 0.1) is 25.8 Å². The molecule has 3 rings (SSSR count). The second-order valence-electron chi connectivity index (χ2n) is 5.93. The Morgan fingerprint density at radius 3 is 3.00 bits per heavy atom.